The third kappa shape index (κ3) is 13.2. The molecule has 2 amide bonds. The Balaban J connectivity index is 1.46. The first kappa shape index (κ1) is 36.6. The molecule has 250 valence electrons. The molecule has 0 aliphatic rings. The number of carbonyl (C=O) groups is 2. The van der Waals surface area contributed by atoms with Crippen LogP contribution in [0.15, 0.2) is 73.1 Å². The fourth-order valence-electron chi connectivity index (χ4n) is 5.41. The molecule has 3 aromatic rings. The van der Waals surface area contributed by atoms with E-state index in [2.05, 4.69) is 18.4 Å². The largest absolute Gasteiger partial charge is 0.493 e. The number of unbranched alkanes of at least 4 members (excludes halogenated alkanes) is 11. The molecule has 0 radical (unpaired) electrons. The zero-order valence-electron chi connectivity index (χ0n) is 28.4. The van der Waals surface area contributed by atoms with Gasteiger partial charge in [-0.05, 0) is 41.8 Å². The number of nitrogens with zero attached hydrogens (tertiary/aromatic N) is 2. The van der Waals surface area contributed by atoms with Crippen molar-refractivity contribution in [1.82, 2.24) is 4.90 Å². The Hall–Kier alpha value is -3.87. The normalized spacial score (nSPS) is 10.8. The molecule has 46 heavy (non-hydrogen) atoms. The SMILES string of the molecule is CCCCCCCCCCCCCCOc1ccc(COC(=O)N(Cc2cc[n+](CCC)cc2)C(=O)c2ccccc2)cc1OC. The summed E-state index contributed by atoms with van der Waals surface area (Å²) in [5, 5.41) is 0. The Bertz CT molecular complexity index is 1280. The van der Waals surface area contributed by atoms with Crippen molar-refractivity contribution in [2.45, 2.75) is 117 Å². The quantitative estimate of drug-likeness (QED) is 0.0816. The lowest BCUT2D eigenvalue weighted by Crippen LogP contribution is -2.37. The van der Waals surface area contributed by atoms with Crippen LogP contribution in [0.4, 0.5) is 4.79 Å². The lowest BCUT2D eigenvalue weighted by Gasteiger charge is -2.21. The highest BCUT2D eigenvalue weighted by Gasteiger charge is 2.25. The minimum absolute atomic E-state index is 0.00191. The maximum atomic E-state index is 13.4. The number of carbonyl (C=O) groups excluding carboxylic acids is 2. The third-order valence-electron chi connectivity index (χ3n) is 8.11. The average molecular weight is 632 g/mol. The second-order valence-corrected chi connectivity index (χ2v) is 12.0. The van der Waals surface area contributed by atoms with E-state index in [0.717, 1.165) is 41.8 Å². The summed E-state index contributed by atoms with van der Waals surface area (Å²) in [5.74, 6) is 0.857. The van der Waals surface area contributed by atoms with E-state index in [1.54, 1.807) is 31.4 Å². The van der Waals surface area contributed by atoms with E-state index in [-0.39, 0.29) is 13.2 Å². The first-order valence-electron chi connectivity index (χ1n) is 17.4. The molecule has 7 heteroatoms. The van der Waals surface area contributed by atoms with Crippen LogP contribution in [-0.2, 0) is 24.4 Å². The number of hydrogen-bond donors (Lipinski definition) is 0. The minimum atomic E-state index is -0.703. The number of methoxy groups -OCH3 is 1. The molecule has 2 aromatic carbocycles. The van der Waals surface area contributed by atoms with Crippen molar-refractivity contribution in [3.05, 3.63) is 89.7 Å². The standard InChI is InChI=1S/C39H55N2O5/c1-4-6-7-8-9-10-11-12-13-14-15-19-29-45-36-23-22-34(30-37(36)44-3)32-46-39(43)41(38(42)35-20-17-16-18-21-35)31-33-24-27-40(26-5-2)28-25-33/h16-18,20-25,27-28,30H,4-15,19,26,29,31-32H2,1-3H3/q+1. The molecule has 0 atom stereocenters. The number of ether oxygens (including phenoxy) is 3. The van der Waals surface area contributed by atoms with Gasteiger partial charge in [-0.1, -0.05) is 109 Å². The number of imide groups is 1. The number of aryl methyl sites for hydroxylation is 1. The van der Waals surface area contributed by atoms with E-state index in [9.17, 15) is 9.59 Å². The Kier molecular flexibility index (Phi) is 17.3. The van der Waals surface area contributed by atoms with Gasteiger partial charge in [0.15, 0.2) is 23.9 Å². The average Bonchev–Trinajstić information content (AvgIpc) is 3.09. The molecule has 1 heterocycles. The van der Waals surface area contributed by atoms with Crippen LogP contribution in [0.25, 0.3) is 0 Å². The van der Waals surface area contributed by atoms with Crippen molar-refractivity contribution in [2.75, 3.05) is 13.7 Å². The zero-order chi connectivity index (χ0) is 32.8. The molecule has 0 saturated carbocycles. The van der Waals surface area contributed by atoms with Gasteiger partial charge in [-0.2, -0.15) is 0 Å². The molecular formula is C39H55N2O5+. The summed E-state index contributed by atoms with van der Waals surface area (Å²) in [7, 11) is 1.60. The summed E-state index contributed by atoms with van der Waals surface area (Å²) in [6.45, 7) is 6.03. The number of hydrogen-bond acceptors (Lipinski definition) is 5. The Morgan fingerprint density at radius 3 is 1.93 bits per heavy atom. The van der Waals surface area contributed by atoms with Gasteiger partial charge in [-0.3, -0.25) is 4.79 Å². The first-order chi connectivity index (χ1) is 22.5. The lowest BCUT2D eigenvalue weighted by atomic mass is 10.1. The van der Waals surface area contributed by atoms with Crippen LogP contribution in [-0.4, -0.2) is 30.6 Å². The van der Waals surface area contributed by atoms with E-state index in [1.165, 1.54) is 64.2 Å². The molecule has 0 unspecified atom stereocenters. The van der Waals surface area contributed by atoms with Crippen molar-refractivity contribution in [3.8, 4) is 11.5 Å². The van der Waals surface area contributed by atoms with E-state index >= 15 is 0 Å². The maximum absolute atomic E-state index is 13.4. The third-order valence-corrected chi connectivity index (χ3v) is 8.11. The number of amides is 2. The zero-order valence-corrected chi connectivity index (χ0v) is 28.4. The topological polar surface area (TPSA) is 69.0 Å². The number of aromatic nitrogens is 1. The first-order valence-corrected chi connectivity index (χ1v) is 17.4. The van der Waals surface area contributed by atoms with E-state index in [4.69, 9.17) is 14.2 Å². The highest BCUT2D eigenvalue weighted by Crippen LogP contribution is 2.29. The molecule has 0 N–H and O–H groups in total. The molecule has 7 nitrogen and oxygen atoms in total. The van der Waals surface area contributed by atoms with Crippen LogP contribution in [0.3, 0.4) is 0 Å². The fourth-order valence-corrected chi connectivity index (χ4v) is 5.41. The van der Waals surface area contributed by atoms with Gasteiger partial charge in [0.1, 0.15) is 13.2 Å². The summed E-state index contributed by atoms with van der Waals surface area (Å²) in [4.78, 5) is 27.8. The molecule has 0 fully saturated rings. The Morgan fingerprint density at radius 1 is 0.696 bits per heavy atom. The van der Waals surface area contributed by atoms with Gasteiger partial charge in [-0.25, -0.2) is 14.3 Å². The monoisotopic (exact) mass is 631 g/mol. The Morgan fingerprint density at radius 2 is 1.33 bits per heavy atom. The summed E-state index contributed by atoms with van der Waals surface area (Å²) in [5.41, 5.74) is 2.01. The van der Waals surface area contributed by atoms with Gasteiger partial charge >= 0.3 is 6.09 Å². The van der Waals surface area contributed by atoms with E-state index in [0.29, 0.717) is 23.7 Å². The van der Waals surface area contributed by atoms with Crippen LogP contribution < -0.4 is 14.0 Å². The van der Waals surface area contributed by atoms with Crippen LogP contribution in [0, 0.1) is 0 Å². The van der Waals surface area contributed by atoms with Crippen LogP contribution in [0.5, 0.6) is 11.5 Å². The predicted octanol–water partition coefficient (Wildman–Crippen LogP) is 9.45. The number of benzene rings is 2. The maximum Gasteiger partial charge on any atom is 0.417 e. The summed E-state index contributed by atoms with van der Waals surface area (Å²) in [6, 6.07) is 18.2. The van der Waals surface area contributed by atoms with Crippen molar-refractivity contribution < 1.29 is 28.4 Å². The van der Waals surface area contributed by atoms with Gasteiger partial charge in [0.25, 0.3) is 5.91 Å². The lowest BCUT2D eigenvalue weighted by molar-refractivity contribution is -0.697. The number of rotatable bonds is 22. The fraction of sp³-hybridized carbons (Fsp3) is 0.513. The van der Waals surface area contributed by atoms with Gasteiger partial charge in [0, 0.05) is 24.1 Å². The molecule has 3 rings (SSSR count). The van der Waals surface area contributed by atoms with E-state index < -0.39 is 12.0 Å². The van der Waals surface area contributed by atoms with Gasteiger partial charge in [0.2, 0.25) is 0 Å². The molecule has 0 saturated heterocycles. The molecule has 0 spiro atoms. The van der Waals surface area contributed by atoms with Gasteiger partial charge in [0.05, 0.1) is 20.3 Å². The van der Waals surface area contributed by atoms with Crippen molar-refractivity contribution in [1.29, 1.82) is 0 Å². The molecular weight excluding hydrogens is 576 g/mol. The minimum Gasteiger partial charge on any atom is -0.493 e. The van der Waals surface area contributed by atoms with Crippen LogP contribution in [0.2, 0.25) is 0 Å². The predicted molar refractivity (Wildman–Crippen MR) is 183 cm³/mol. The molecule has 0 bridgehead atoms. The van der Waals surface area contributed by atoms with Gasteiger partial charge < -0.3 is 14.2 Å². The van der Waals surface area contributed by atoms with Crippen molar-refractivity contribution in [3.63, 3.8) is 0 Å². The van der Waals surface area contributed by atoms with Gasteiger partial charge in [-0.15, -0.1) is 0 Å². The number of pyridine rings is 1. The molecule has 0 aliphatic carbocycles. The smallest absolute Gasteiger partial charge is 0.417 e. The van der Waals surface area contributed by atoms with Crippen molar-refractivity contribution in [2.24, 2.45) is 0 Å². The molecule has 1 aromatic heterocycles. The second kappa shape index (κ2) is 21.8. The summed E-state index contributed by atoms with van der Waals surface area (Å²) in [6.07, 6.45) is 19.9. The highest BCUT2D eigenvalue weighted by atomic mass is 16.6. The van der Waals surface area contributed by atoms with Crippen molar-refractivity contribution >= 4 is 12.0 Å². The summed E-state index contributed by atoms with van der Waals surface area (Å²) < 4.78 is 19.3. The van der Waals surface area contributed by atoms with Crippen LogP contribution in [0.1, 0.15) is 119 Å². The summed E-state index contributed by atoms with van der Waals surface area (Å²) >= 11 is 0. The van der Waals surface area contributed by atoms with E-state index in [1.807, 2.05) is 48.8 Å². The molecule has 0 aliphatic heterocycles. The van der Waals surface area contributed by atoms with Crippen LogP contribution >= 0.6 is 0 Å². The highest BCUT2D eigenvalue weighted by molar-refractivity contribution is 6.02. The Labute approximate surface area is 276 Å². The second-order valence-electron chi connectivity index (χ2n) is 12.0.